The first kappa shape index (κ1) is 12.1. The van der Waals surface area contributed by atoms with E-state index in [9.17, 15) is 9.59 Å². The van der Waals surface area contributed by atoms with Crippen LogP contribution in [-0.4, -0.2) is 18.2 Å². The third kappa shape index (κ3) is 6.31. The lowest BCUT2D eigenvalue weighted by molar-refractivity contribution is -0.137. The fourth-order valence-corrected chi connectivity index (χ4v) is 0.986. The fraction of sp³-hybridized carbons (Fsp3) is 0.800. The molecule has 0 aromatic heterocycles. The smallest absolute Gasteiger partial charge is 0.287 e. The monoisotopic (exact) mass is 185 g/mol. The molecule has 0 aromatic rings. The maximum atomic E-state index is 11.1. The fourth-order valence-electron chi connectivity index (χ4n) is 0.986. The molecule has 0 saturated heterocycles. The first-order valence-electron chi connectivity index (χ1n) is 5.03. The van der Waals surface area contributed by atoms with Gasteiger partial charge in [0.05, 0.1) is 0 Å². The Kier molecular flexibility index (Phi) is 7.26. The van der Waals surface area contributed by atoms with Gasteiger partial charge >= 0.3 is 0 Å². The largest absolute Gasteiger partial charge is 0.350 e. The van der Waals surface area contributed by atoms with E-state index in [4.69, 9.17) is 0 Å². The molecule has 0 spiro atoms. The summed E-state index contributed by atoms with van der Waals surface area (Å²) in [7, 11) is 0. The highest BCUT2D eigenvalue weighted by atomic mass is 16.2. The summed E-state index contributed by atoms with van der Waals surface area (Å²) in [6.07, 6.45) is 4.18. The lowest BCUT2D eigenvalue weighted by atomic mass is 10.1. The van der Waals surface area contributed by atoms with Crippen LogP contribution in [-0.2, 0) is 9.59 Å². The van der Waals surface area contributed by atoms with E-state index in [2.05, 4.69) is 12.2 Å². The van der Waals surface area contributed by atoms with Gasteiger partial charge in [0, 0.05) is 13.0 Å². The number of nitrogens with one attached hydrogen (secondary N) is 1. The minimum absolute atomic E-state index is 0.276. The number of carbonyl (C=O) groups excluding carboxylic acids is 2. The Morgan fingerprint density at radius 2 is 1.77 bits per heavy atom. The molecule has 3 nitrogen and oxygen atoms in total. The molecule has 0 aliphatic carbocycles. The minimum atomic E-state index is -0.419. The van der Waals surface area contributed by atoms with Crippen LogP contribution in [0.15, 0.2) is 0 Å². The van der Waals surface area contributed by atoms with Crippen molar-refractivity contribution in [2.24, 2.45) is 0 Å². The molecule has 13 heavy (non-hydrogen) atoms. The molecule has 0 atom stereocenters. The van der Waals surface area contributed by atoms with E-state index >= 15 is 0 Å². The van der Waals surface area contributed by atoms with E-state index in [1.165, 1.54) is 0 Å². The summed E-state index contributed by atoms with van der Waals surface area (Å²) in [4.78, 5) is 22.1. The van der Waals surface area contributed by atoms with E-state index in [0.29, 0.717) is 13.0 Å². The van der Waals surface area contributed by atoms with E-state index < -0.39 is 5.91 Å². The Bertz CT molecular complexity index is 166. The highest BCUT2D eigenvalue weighted by Gasteiger charge is 2.10. The van der Waals surface area contributed by atoms with Crippen LogP contribution in [0.2, 0.25) is 0 Å². The second-order valence-electron chi connectivity index (χ2n) is 3.14. The highest BCUT2D eigenvalue weighted by Crippen LogP contribution is 1.99. The van der Waals surface area contributed by atoms with Gasteiger partial charge in [0.2, 0.25) is 5.78 Å². The van der Waals surface area contributed by atoms with E-state index in [0.717, 1.165) is 25.7 Å². The molecule has 76 valence electrons. The lowest BCUT2D eigenvalue weighted by Crippen LogP contribution is -2.31. The molecule has 0 rings (SSSR count). The molecule has 0 radical (unpaired) electrons. The zero-order chi connectivity index (χ0) is 10.1. The summed E-state index contributed by atoms with van der Waals surface area (Å²) in [5.41, 5.74) is 0. The third-order valence-electron chi connectivity index (χ3n) is 1.80. The summed E-state index contributed by atoms with van der Waals surface area (Å²) in [6.45, 7) is 4.63. The maximum Gasteiger partial charge on any atom is 0.287 e. The molecule has 0 bridgehead atoms. The van der Waals surface area contributed by atoms with Gasteiger partial charge in [0.15, 0.2) is 0 Å². The average molecular weight is 185 g/mol. The van der Waals surface area contributed by atoms with Crippen molar-refractivity contribution in [3.63, 3.8) is 0 Å². The van der Waals surface area contributed by atoms with E-state index in [1.807, 2.05) is 6.92 Å². The Morgan fingerprint density at radius 1 is 1.08 bits per heavy atom. The Balaban J connectivity index is 3.51. The highest BCUT2D eigenvalue weighted by molar-refractivity contribution is 6.36. The molecule has 0 heterocycles. The van der Waals surface area contributed by atoms with Crippen molar-refractivity contribution in [3.05, 3.63) is 0 Å². The van der Waals surface area contributed by atoms with Gasteiger partial charge in [0.1, 0.15) is 0 Å². The zero-order valence-electron chi connectivity index (χ0n) is 8.56. The number of Topliss-reactive ketones (excluding diaryl/α,β-unsaturated/α-hetero) is 1. The van der Waals surface area contributed by atoms with Gasteiger partial charge in [-0.15, -0.1) is 0 Å². The van der Waals surface area contributed by atoms with Gasteiger partial charge < -0.3 is 5.32 Å². The van der Waals surface area contributed by atoms with Gasteiger partial charge in [-0.05, 0) is 12.8 Å². The average Bonchev–Trinajstić information content (AvgIpc) is 2.14. The van der Waals surface area contributed by atoms with Crippen molar-refractivity contribution in [2.45, 2.75) is 46.0 Å². The number of hydrogen-bond donors (Lipinski definition) is 1. The van der Waals surface area contributed by atoms with Crippen LogP contribution in [0.4, 0.5) is 0 Å². The second-order valence-corrected chi connectivity index (χ2v) is 3.14. The van der Waals surface area contributed by atoms with E-state index in [-0.39, 0.29) is 5.78 Å². The number of carbonyl (C=O) groups is 2. The van der Waals surface area contributed by atoms with E-state index in [1.54, 1.807) is 0 Å². The standard InChI is InChI=1S/C10H19NO2/c1-3-5-6-7-9(12)10(13)11-8-4-2/h3-8H2,1-2H3,(H,11,13). The molecule has 0 fully saturated rings. The van der Waals surface area contributed by atoms with Crippen molar-refractivity contribution in [2.75, 3.05) is 6.54 Å². The molecule has 0 saturated carbocycles. The van der Waals surface area contributed by atoms with Crippen molar-refractivity contribution < 1.29 is 9.59 Å². The van der Waals surface area contributed by atoms with Crippen LogP contribution in [0, 0.1) is 0 Å². The molecule has 1 amide bonds. The predicted octanol–water partition coefficient (Wildman–Crippen LogP) is 1.66. The van der Waals surface area contributed by atoms with Gasteiger partial charge in [0.25, 0.3) is 5.91 Å². The summed E-state index contributed by atoms with van der Waals surface area (Å²) < 4.78 is 0. The number of ketones is 1. The van der Waals surface area contributed by atoms with Crippen LogP contribution in [0.1, 0.15) is 46.0 Å². The summed E-state index contributed by atoms with van der Waals surface area (Å²) in [5, 5.41) is 2.57. The zero-order valence-corrected chi connectivity index (χ0v) is 8.56. The van der Waals surface area contributed by atoms with Gasteiger partial charge in [-0.2, -0.15) is 0 Å². The summed E-state index contributed by atoms with van der Waals surface area (Å²) >= 11 is 0. The summed E-state index contributed by atoms with van der Waals surface area (Å²) in [5.74, 6) is -0.695. The Labute approximate surface area is 79.9 Å². The topological polar surface area (TPSA) is 46.2 Å². The number of rotatable bonds is 7. The van der Waals surface area contributed by atoms with Gasteiger partial charge in [-0.25, -0.2) is 0 Å². The molecular formula is C10H19NO2. The number of unbranched alkanes of at least 4 members (excludes halogenated alkanes) is 2. The molecule has 0 aliphatic rings. The predicted molar refractivity (Wildman–Crippen MR) is 52.4 cm³/mol. The molecular weight excluding hydrogens is 166 g/mol. The lowest BCUT2D eigenvalue weighted by Gasteiger charge is -2.01. The van der Waals surface area contributed by atoms with Crippen LogP contribution in [0.3, 0.4) is 0 Å². The Hall–Kier alpha value is -0.860. The number of hydrogen-bond acceptors (Lipinski definition) is 2. The van der Waals surface area contributed by atoms with Crippen LogP contribution in [0.25, 0.3) is 0 Å². The molecule has 0 unspecified atom stereocenters. The van der Waals surface area contributed by atoms with Crippen LogP contribution in [0.5, 0.6) is 0 Å². The maximum absolute atomic E-state index is 11.1. The molecule has 0 aliphatic heterocycles. The van der Waals surface area contributed by atoms with Crippen molar-refractivity contribution in [1.82, 2.24) is 5.32 Å². The first-order valence-corrected chi connectivity index (χ1v) is 5.03. The van der Waals surface area contributed by atoms with Gasteiger partial charge in [-0.3, -0.25) is 9.59 Å². The normalized spacial score (nSPS) is 9.69. The molecule has 1 N–H and O–H groups in total. The van der Waals surface area contributed by atoms with Crippen LogP contribution < -0.4 is 5.32 Å². The van der Waals surface area contributed by atoms with Crippen molar-refractivity contribution in [1.29, 1.82) is 0 Å². The number of amides is 1. The molecule has 3 heteroatoms. The first-order chi connectivity index (χ1) is 6.22. The van der Waals surface area contributed by atoms with Crippen molar-refractivity contribution in [3.8, 4) is 0 Å². The minimum Gasteiger partial charge on any atom is -0.350 e. The quantitative estimate of drug-likeness (QED) is 0.484. The Morgan fingerprint density at radius 3 is 2.31 bits per heavy atom. The third-order valence-corrected chi connectivity index (χ3v) is 1.80. The SMILES string of the molecule is CCCCCC(=O)C(=O)NCCC. The van der Waals surface area contributed by atoms with Crippen LogP contribution >= 0.6 is 0 Å². The molecule has 0 aromatic carbocycles. The van der Waals surface area contributed by atoms with Gasteiger partial charge in [-0.1, -0.05) is 26.7 Å². The second kappa shape index (κ2) is 7.77. The summed E-state index contributed by atoms with van der Waals surface area (Å²) in [6, 6.07) is 0. The van der Waals surface area contributed by atoms with Crippen molar-refractivity contribution >= 4 is 11.7 Å².